The highest BCUT2D eigenvalue weighted by Gasteiger charge is 2.27. The van der Waals surface area contributed by atoms with Crippen molar-refractivity contribution in [3.63, 3.8) is 0 Å². The van der Waals surface area contributed by atoms with Crippen molar-refractivity contribution in [2.45, 2.75) is 12.6 Å². The molecule has 0 radical (unpaired) electrons. The molecule has 0 bridgehead atoms. The Morgan fingerprint density at radius 1 is 1.27 bits per heavy atom. The number of carbonyl (C=O) groups is 1. The topological polar surface area (TPSA) is 86.1 Å². The van der Waals surface area contributed by atoms with E-state index in [0.717, 1.165) is 18.7 Å². The molecular formula is C15H23N3O4. The van der Waals surface area contributed by atoms with Gasteiger partial charge in [-0.3, -0.25) is 9.69 Å². The van der Waals surface area contributed by atoms with E-state index in [1.54, 1.807) is 21.3 Å². The van der Waals surface area contributed by atoms with Gasteiger partial charge in [-0.1, -0.05) is 0 Å². The van der Waals surface area contributed by atoms with Gasteiger partial charge in [-0.25, -0.2) is 0 Å². The predicted molar refractivity (Wildman–Crippen MR) is 82.4 cm³/mol. The van der Waals surface area contributed by atoms with Crippen molar-refractivity contribution < 1.29 is 19.0 Å². The maximum absolute atomic E-state index is 11.6. The third-order valence-electron chi connectivity index (χ3n) is 3.79. The first-order valence-electron chi connectivity index (χ1n) is 7.13. The Morgan fingerprint density at radius 3 is 2.41 bits per heavy atom. The molecule has 1 aliphatic heterocycles. The number of hydrogen-bond donors (Lipinski definition) is 2. The van der Waals surface area contributed by atoms with E-state index in [2.05, 4.69) is 10.2 Å². The molecule has 1 atom stereocenters. The number of ether oxygens (including phenoxy) is 3. The highest BCUT2D eigenvalue weighted by Crippen LogP contribution is 2.38. The fraction of sp³-hybridized carbons (Fsp3) is 0.533. The van der Waals surface area contributed by atoms with Crippen molar-refractivity contribution in [2.75, 3.05) is 41.0 Å². The van der Waals surface area contributed by atoms with Gasteiger partial charge in [0, 0.05) is 26.2 Å². The molecule has 1 amide bonds. The highest BCUT2D eigenvalue weighted by atomic mass is 16.5. The molecule has 1 aliphatic rings. The number of amides is 1. The van der Waals surface area contributed by atoms with E-state index in [9.17, 15) is 4.79 Å². The lowest BCUT2D eigenvalue weighted by atomic mass is 10.1. The van der Waals surface area contributed by atoms with Crippen LogP contribution in [0.1, 0.15) is 5.56 Å². The quantitative estimate of drug-likeness (QED) is 0.767. The van der Waals surface area contributed by atoms with Gasteiger partial charge in [-0.05, 0) is 17.7 Å². The first-order valence-corrected chi connectivity index (χ1v) is 7.13. The largest absolute Gasteiger partial charge is 0.493 e. The zero-order valence-electron chi connectivity index (χ0n) is 13.2. The molecule has 0 spiro atoms. The molecule has 0 aromatic heterocycles. The second-order valence-electron chi connectivity index (χ2n) is 5.13. The molecule has 122 valence electrons. The second kappa shape index (κ2) is 7.33. The van der Waals surface area contributed by atoms with E-state index >= 15 is 0 Å². The van der Waals surface area contributed by atoms with Crippen molar-refractivity contribution in [1.82, 2.24) is 10.2 Å². The molecule has 1 aromatic carbocycles. The Labute approximate surface area is 130 Å². The monoisotopic (exact) mass is 309 g/mol. The van der Waals surface area contributed by atoms with Gasteiger partial charge in [0.25, 0.3) is 0 Å². The number of rotatable bonds is 6. The number of nitrogens with two attached hydrogens (primary N) is 1. The van der Waals surface area contributed by atoms with Gasteiger partial charge < -0.3 is 25.3 Å². The second-order valence-corrected chi connectivity index (χ2v) is 5.13. The van der Waals surface area contributed by atoms with Crippen molar-refractivity contribution in [1.29, 1.82) is 0 Å². The molecule has 3 N–H and O–H groups in total. The number of carbonyl (C=O) groups excluding carboxylic acids is 1. The van der Waals surface area contributed by atoms with Gasteiger partial charge in [-0.2, -0.15) is 0 Å². The van der Waals surface area contributed by atoms with Crippen LogP contribution < -0.4 is 25.3 Å². The van der Waals surface area contributed by atoms with Gasteiger partial charge in [0.05, 0.1) is 21.3 Å². The van der Waals surface area contributed by atoms with Crippen molar-refractivity contribution in [3.8, 4) is 17.2 Å². The summed E-state index contributed by atoms with van der Waals surface area (Å²) < 4.78 is 16.0. The Hall–Kier alpha value is -1.99. The summed E-state index contributed by atoms with van der Waals surface area (Å²) in [6.07, 6.45) is 0. The molecule has 7 heteroatoms. The van der Waals surface area contributed by atoms with E-state index in [4.69, 9.17) is 19.9 Å². The van der Waals surface area contributed by atoms with Crippen LogP contribution in [-0.2, 0) is 11.3 Å². The average molecular weight is 309 g/mol. The summed E-state index contributed by atoms with van der Waals surface area (Å²) in [5, 5.41) is 3.18. The third kappa shape index (κ3) is 3.42. The van der Waals surface area contributed by atoms with Crippen LogP contribution in [0, 0.1) is 0 Å². The van der Waals surface area contributed by atoms with Crippen LogP contribution >= 0.6 is 0 Å². The molecule has 22 heavy (non-hydrogen) atoms. The number of hydrogen-bond acceptors (Lipinski definition) is 6. The Kier molecular flexibility index (Phi) is 5.46. The van der Waals surface area contributed by atoms with Crippen molar-refractivity contribution in [2.24, 2.45) is 5.73 Å². The summed E-state index contributed by atoms with van der Waals surface area (Å²) in [6, 6.07) is 3.47. The minimum atomic E-state index is -0.320. The lowest BCUT2D eigenvalue weighted by Crippen LogP contribution is -2.56. The van der Waals surface area contributed by atoms with Crippen LogP contribution in [0.2, 0.25) is 0 Å². The third-order valence-corrected chi connectivity index (χ3v) is 3.79. The fourth-order valence-electron chi connectivity index (χ4n) is 2.68. The summed E-state index contributed by atoms with van der Waals surface area (Å²) in [5.41, 5.74) is 6.45. The van der Waals surface area contributed by atoms with Crippen molar-refractivity contribution in [3.05, 3.63) is 17.7 Å². The van der Waals surface area contributed by atoms with Gasteiger partial charge >= 0.3 is 0 Å². The number of nitrogens with zero attached hydrogens (tertiary/aromatic N) is 1. The highest BCUT2D eigenvalue weighted by molar-refractivity contribution is 5.80. The molecule has 1 fully saturated rings. The number of primary amides is 1. The summed E-state index contributed by atoms with van der Waals surface area (Å²) >= 11 is 0. The molecule has 0 saturated carbocycles. The van der Waals surface area contributed by atoms with Crippen LogP contribution in [0.15, 0.2) is 12.1 Å². The van der Waals surface area contributed by atoms with E-state index in [0.29, 0.717) is 30.3 Å². The summed E-state index contributed by atoms with van der Waals surface area (Å²) in [5.74, 6) is 1.44. The van der Waals surface area contributed by atoms with Crippen LogP contribution in [0.3, 0.4) is 0 Å². The molecule has 1 heterocycles. The molecule has 7 nitrogen and oxygen atoms in total. The molecule has 1 aromatic rings. The molecule has 1 unspecified atom stereocenters. The first-order chi connectivity index (χ1) is 10.6. The van der Waals surface area contributed by atoms with Gasteiger partial charge in [0.2, 0.25) is 11.7 Å². The van der Waals surface area contributed by atoms with E-state index in [-0.39, 0.29) is 11.9 Å². The van der Waals surface area contributed by atoms with E-state index < -0.39 is 0 Å². The zero-order chi connectivity index (χ0) is 16.1. The lowest BCUT2D eigenvalue weighted by Gasteiger charge is -2.34. The predicted octanol–water partition coefficient (Wildman–Crippen LogP) is -0.0285. The minimum Gasteiger partial charge on any atom is -0.493 e. The number of methoxy groups -OCH3 is 3. The molecule has 2 rings (SSSR count). The fourth-order valence-corrected chi connectivity index (χ4v) is 2.68. The molecule has 1 saturated heterocycles. The smallest absolute Gasteiger partial charge is 0.236 e. The maximum Gasteiger partial charge on any atom is 0.236 e. The zero-order valence-corrected chi connectivity index (χ0v) is 13.2. The van der Waals surface area contributed by atoms with E-state index in [1.807, 2.05) is 12.1 Å². The molecular weight excluding hydrogens is 286 g/mol. The standard InChI is InChI=1S/C15H23N3O4/c1-20-12-6-10(7-13(21-2)14(12)22-3)9-18-5-4-17-8-11(18)15(16)19/h6-7,11,17H,4-5,8-9H2,1-3H3,(H2,16,19). The Balaban J connectivity index is 2.26. The van der Waals surface area contributed by atoms with Gasteiger partial charge in [-0.15, -0.1) is 0 Å². The lowest BCUT2D eigenvalue weighted by molar-refractivity contribution is -0.124. The van der Waals surface area contributed by atoms with Gasteiger partial charge in [0.1, 0.15) is 6.04 Å². The van der Waals surface area contributed by atoms with E-state index in [1.165, 1.54) is 0 Å². The van der Waals surface area contributed by atoms with Crippen LogP contribution in [0.5, 0.6) is 17.2 Å². The summed E-state index contributed by atoms with van der Waals surface area (Å²) in [4.78, 5) is 13.6. The summed E-state index contributed by atoms with van der Waals surface area (Å²) in [6.45, 7) is 2.74. The van der Waals surface area contributed by atoms with Crippen LogP contribution in [0.25, 0.3) is 0 Å². The normalized spacial score (nSPS) is 18.8. The number of piperazine rings is 1. The first kappa shape index (κ1) is 16.4. The van der Waals surface area contributed by atoms with Crippen molar-refractivity contribution >= 4 is 5.91 Å². The molecule has 0 aliphatic carbocycles. The van der Waals surface area contributed by atoms with Crippen LogP contribution in [0.4, 0.5) is 0 Å². The Bertz CT molecular complexity index is 511. The summed E-state index contributed by atoms with van der Waals surface area (Å²) in [7, 11) is 4.73. The minimum absolute atomic E-state index is 0.312. The Morgan fingerprint density at radius 2 is 1.91 bits per heavy atom. The number of benzene rings is 1. The SMILES string of the molecule is COc1cc(CN2CCNCC2C(N)=O)cc(OC)c1OC. The maximum atomic E-state index is 11.6. The van der Waals surface area contributed by atoms with Gasteiger partial charge in [0.15, 0.2) is 11.5 Å². The van der Waals surface area contributed by atoms with Crippen LogP contribution in [-0.4, -0.2) is 57.8 Å². The number of nitrogens with one attached hydrogen (secondary N) is 1. The average Bonchev–Trinajstić information content (AvgIpc) is 2.54.